The molecule has 1 aromatic heterocycles. The molecule has 0 saturated carbocycles. The highest BCUT2D eigenvalue weighted by atomic mass is 35.5. The number of ether oxygens (including phenoxy) is 1. The van der Waals surface area contributed by atoms with E-state index in [1.54, 1.807) is 19.2 Å². The average Bonchev–Trinajstić information content (AvgIpc) is 2.61. The summed E-state index contributed by atoms with van der Waals surface area (Å²) in [6.07, 6.45) is 1.44. The molecular weight excluding hydrogens is 342 g/mol. The van der Waals surface area contributed by atoms with Gasteiger partial charge in [-0.05, 0) is 30.3 Å². The molecule has 0 spiro atoms. The number of anilines is 2. The van der Waals surface area contributed by atoms with Crippen LogP contribution in [0.15, 0.2) is 54.9 Å². The first kappa shape index (κ1) is 16.7. The summed E-state index contributed by atoms with van der Waals surface area (Å²) in [6.45, 7) is 0. The van der Waals surface area contributed by atoms with Crippen molar-refractivity contribution in [1.82, 2.24) is 9.97 Å². The number of nitrogens with one attached hydrogen (secondary N) is 1. The number of rotatable bonds is 5. The summed E-state index contributed by atoms with van der Waals surface area (Å²) in [4.78, 5) is 19.5. The number of halogens is 1. The molecule has 0 saturated heterocycles. The summed E-state index contributed by atoms with van der Waals surface area (Å²) in [5, 5.41) is 12.3. The molecule has 0 unspecified atom stereocenters. The van der Waals surface area contributed by atoms with Gasteiger partial charge in [0.05, 0.1) is 23.4 Å². The summed E-state index contributed by atoms with van der Waals surface area (Å²) < 4.78 is 5.36. The Bertz CT molecular complexity index is 931. The molecule has 0 radical (unpaired) electrons. The zero-order valence-corrected chi connectivity index (χ0v) is 14.0. The minimum atomic E-state index is -1.07. The lowest BCUT2D eigenvalue weighted by molar-refractivity contribution is 0.0697. The predicted molar refractivity (Wildman–Crippen MR) is 95.7 cm³/mol. The lowest BCUT2D eigenvalue weighted by Crippen LogP contribution is -2.00. The maximum Gasteiger partial charge on any atom is 0.337 e. The van der Waals surface area contributed by atoms with Crippen molar-refractivity contribution in [3.05, 3.63) is 65.4 Å². The van der Waals surface area contributed by atoms with Crippen LogP contribution in [0.2, 0.25) is 5.02 Å². The highest BCUT2D eigenvalue weighted by Crippen LogP contribution is 2.30. The third-order valence-electron chi connectivity index (χ3n) is 3.52. The van der Waals surface area contributed by atoms with Gasteiger partial charge in [-0.15, -0.1) is 0 Å². The van der Waals surface area contributed by atoms with E-state index in [0.29, 0.717) is 22.9 Å². The fourth-order valence-electron chi connectivity index (χ4n) is 2.34. The topological polar surface area (TPSA) is 84.3 Å². The molecule has 0 aliphatic heterocycles. The lowest BCUT2D eigenvalue weighted by Gasteiger charge is -2.10. The van der Waals surface area contributed by atoms with Crippen LogP contribution in [0.1, 0.15) is 10.4 Å². The maximum atomic E-state index is 11.0. The van der Waals surface area contributed by atoms with Crippen molar-refractivity contribution in [1.29, 1.82) is 0 Å². The van der Waals surface area contributed by atoms with Crippen LogP contribution in [0.5, 0.6) is 5.75 Å². The Kier molecular flexibility index (Phi) is 4.81. The molecule has 3 aromatic rings. The summed E-state index contributed by atoms with van der Waals surface area (Å²) >= 11 is 5.99. The van der Waals surface area contributed by atoms with Crippen molar-refractivity contribution in [3.8, 4) is 17.0 Å². The Morgan fingerprint density at radius 3 is 2.68 bits per heavy atom. The van der Waals surface area contributed by atoms with Crippen LogP contribution in [0.3, 0.4) is 0 Å². The van der Waals surface area contributed by atoms with E-state index in [1.165, 1.54) is 18.5 Å². The van der Waals surface area contributed by atoms with Gasteiger partial charge in [0.2, 0.25) is 0 Å². The predicted octanol–water partition coefficient (Wildman–Crippen LogP) is 4.25. The second-order valence-electron chi connectivity index (χ2n) is 5.11. The maximum absolute atomic E-state index is 11.0. The molecule has 2 aromatic carbocycles. The number of carbonyl (C=O) groups is 1. The lowest BCUT2D eigenvalue weighted by atomic mass is 10.1. The van der Waals surface area contributed by atoms with Crippen LogP contribution in [0, 0.1) is 0 Å². The van der Waals surface area contributed by atoms with Crippen molar-refractivity contribution in [2.24, 2.45) is 0 Å². The molecule has 0 aliphatic carbocycles. The molecule has 0 aliphatic rings. The standard InChI is InChI=1S/C18H14ClN3O3/c1-25-16-5-3-2-4-13(16)15-9-17(21-10-20-15)22-11-6-7-12(18(23)24)14(19)8-11/h2-10H,1H3,(H,23,24)(H,20,21,22). The first-order valence-corrected chi connectivity index (χ1v) is 7.71. The number of hydrogen-bond acceptors (Lipinski definition) is 5. The zero-order valence-electron chi connectivity index (χ0n) is 13.2. The zero-order chi connectivity index (χ0) is 17.8. The Hall–Kier alpha value is -3.12. The van der Waals surface area contributed by atoms with Crippen molar-refractivity contribution in [3.63, 3.8) is 0 Å². The molecule has 0 amide bonds. The van der Waals surface area contributed by atoms with Gasteiger partial charge in [-0.1, -0.05) is 23.7 Å². The number of benzene rings is 2. The first-order valence-electron chi connectivity index (χ1n) is 7.34. The second kappa shape index (κ2) is 7.19. The molecule has 25 heavy (non-hydrogen) atoms. The normalized spacial score (nSPS) is 10.3. The SMILES string of the molecule is COc1ccccc1-c1cc(Nc2ccc(C(=O)O)c(Cl)c2)ncn1. The molecule has 3 rings (SSSR count). The molecule has 2 N–H and O–H groups in total. The van der Waals surface area contributed by atoms with Gasteiger partial charge in [0.1, 0.15) is 17.9 Å². The third kappa shape index (κ3) is 3.70. The number of aromatic nitrogens is 2. The smallest absolute Gasteiger partial charge is 0.337 e. The second-order valence-corrected chi connectivity index (χ2v) is 5.52. The quantitative estimate of drug-likeness (QED) is 0.711. The van der Waals surface area contributed by atoms with Gasteiger partial charge in [-0.3, -0.25) is 0 Å². The number of methoxy groups -OCH3 is 1. The van der Waals surface area contributed by atoms with E-state index in [2.05, 4.69) is 15.3 Å². The largest absolute Gasteiger partial charge is 0.496 e. The minimum absolute atomic E-state index is 0.0459. The van der Waals surface area contributed by atoms with Crippen LogP contribution in [0.4, 0.5) is 11.5 Å². The van der Waals surface area contributed by atoms with Crippen molar-refractivity contribution in [2.45, 2.75) is 0 Å². The summed E-state index contributed by atoms with van der Waals surface area (Å²) in [5.41, 5.74) is 2.21. The van der Waals surface area contributed by atoms with Gasteiger partial charge in [0.15, 0.2) is 0 Å². The van der Waals surface area contributed by atoms with Gasteiger partial charge >= 0.3 is 5.97 Å². The molecule has 1 heterocycles. The third-order valence-corrected chi connectivity index (χ3v) is 3.83. The first-order chi connectivity index (χ1) is 12.1. The van der Waals surface area contributed by atoms with Gasteiger partial charge < -0.3 is 15.2 Å². The van der Waals surface area contributed by atoms with E-state index >= 15 is 0 Å². The molecule has 7 heteroatoms. The molecule has 0 atom stereocenters. The van der Waals surface area contributed by atoms with E-state index in [0.717, 1.165) is 5.56 Å². The van der Waals surface area contributed by atoms with Crippen molar-refractivity contribution in [2.75, 3.05) is 12.4 Å². The Morgan fingerprint density at radius 1 is 1.16 bits per heavy atom. The molecule has 0 bridgehead atoms. The van der Waals surface area contributed by atoms with Gasteiger partial charge in [0, 0.05) is 17.3 Å². The van der Waals surface area contributed by atoms with E-state index in [-0.39, 0.29) is 10.6 Å². The van der Waals surface area contributed by atoms with Gasteiger partial charge in [-0.25, -0.2) is 14.8 Å². The Balaban J connectivity index is 1.90. The van der Waals surface area contributed by atoms with Crippen molar-refractivity contribution >= 4 is 29.1 Å². The van der Waals surface area contributed by atoms with Gasteiger partial charge in [-0.2, -0.15) is 0 Å². The summed E-state index contributed by atoms with van der Waals surface area (Å²) in [6, 6.07) is 13.9. The highest BCUT2D eigenvalue weighted by molar-refractivity contribution is 6.33. The Morgan fingerprint density at radius 2 is 1.96 bits per heavy atom. The van der Waals surface area contributed by atoms with E-state index < -0.39 is 5.97 Å². The minimum Gasteiger partial charge on any atom is -0.496 e. The number of carboxylic acid groups (broad SMARTS) is 1. The number of hydrogen-bond donors (Lipinski definition) is 2. The van der Waals surface area contributed by atoms with Crippen molar-refractivity contribution < 1.29 is 14.6 Å². The van der Waals surface area contributed by atoms with Crippen LogP contribution in [0.25, 0.3) is 11.3 Å². The summed E-state index contributed by atoms with van der Waals surface area (Å²) in [5.74, 6) is 0.188. The Labute approximate surface area is 149 Å². The fraction of sp³-hybridized carbons (Fsp3) is 0.0556. The van der Waals surface area contributed by atoms with Crippen LogP contribution >= 0.6 is 11.6 Å². The van der Waals surface area contributed by atoms with E-state index in [1.807, 2.05) is 24.3 Å². The average molecular weight is 356 g/mol. The number of nitrogens with zero attached hydrogens (tertiary/aromatic N) is 2. The molecule has 0 fully saturated rings. The molecule has 6 nitrogen and oxygen atoms in total. The molecule has 126 valence electrons. The van der Waals surface area contributed by atoms with Crippen LogP contribution in [-0.4, -0.2) is 28.2 Å². The molecular formula is C18H14ClN3O3. The summed E-state index contributed by atoms with van der Waals surface area (Å²) in [7, 11) is 1.60. The van der Waals surface area contributed by atoms with E-state index in [9.17, 15) is 4.79 Å². The van der Waals surface area contributed by atoms with Gasteiger partial charge in [0.25, 0.3) is 0 Å². The fourth-order valence-corrected chi connectivity index (χ4v) is 2.60. The highest BCUT2D eigenvalue weighted by Gasteiger charge is 2.10. The van der Waals surface area contributed by atoms with E-state index in [4.69, 9.17) is 21.4 Å². The number of para-hydroxylation sites is 1. The monoisotopic (exact) mass is 355 g/mol. The number of carboxylic acids is 1. The van der Waals surface area contributed by atoms with Crippen LogP contribution in [-0.2, 0) is 0 Å². The van der Waals surface area contributed by atoms with Crippen LogP contribution < -0.4 is 10.1 Å². The number of aromatic carboxylic acids is 1.